The Bertz CT molecular complexity index is 599. The maximum Gasteiger partial charge on any atom is 0.245 e. The number of aromatic nitrogens is 4. The van der Waals surface area contributed by atoms with Crippen molar-refractivity contribution in [2.24, 2.45) is 0 Å². The Morgan fingerprint density at radius 1 is 1.05 bits per heavy atom. The molecule has 2 aromatic heterocycles. The molecule has 2 aliphatic rings. The quantitative estimate of drug-likeness (QED) is 0.923. The molecule has 2 saturated heterocycles. The average molecular weight is 306 g/mol. The number of H-pyrrole nitrogens is 1. The third-order valence-corrected chi connectivity index (χ3v) is 4.78. The second-order valence-corrected chi connectivity index (χ2v) is 6.13. The van der Waals surface area contributed by atoms with E-state index >= 15 is 0 Å². The van der Waals surface area contributed by atoms with Crippen LogP contribution in [0, 0.1) is 0 Å². The van der Waals surface area contributed by atoms with Gasteiger partial charge in [0, 0.05) is 31.6 Å². The average Bonchev–Trinajstić information content (AvgIpc) is 3.27. The highest BCUT2D eigenvalue weighted by molar-refractivity contribution is 7.14. The van der Waals surface area contributed by atoms with Gasteiger partial charge in [-0.2, -0.15) is 4.98 Å². The summed E-state index contributed by atoms with van der Waals surface area (Å²) in [6.45, 7) is 5.46. The van der Waals surface area contributed by atoms with Crippen LogP contribution in [0.5, 0.6) is 0 Å². The van der Waals surface area contributed by atoms with E-state index in [0.29, 0.717) is 0 Å². The van der Waals surface area contributed by atoms with Crippen molar-refractivity contribution in [3.8, 4) is 11.5 Å². The number of hydrogen-bond acceptors (Lipinski definition) is 7. The number of rotatable bonds is 3. The second kappa shape index (κ2) is 5.61. The number of hydrogen-bond donors (Lipinski definition) is 1. The first-order chi connectivity index (χ1) is 10.4. The molecule has 21 heavy (non-hydrogen) atoms. The lowest BCUT2D eigenvalue weighted by molar-refractivity contribution is 0.122. The number of nitrogens with one attached hydrogen (secondary N) is 1. The lowest BCUT2D eigenvalue weighted by Gasteiger charge is -2.25. The number of anilines is 2. The molecular weight excluding hydrogens is 288 g/mol. The molecule has 0 amide bonds. The maximum atomic E-state index is 5.37. The van der Waals surface area contributed by atoms with Crippen LogP contribution < -0.4 is 9.80 Å². The smallest absolute Gasteiger partial charge is 0.245 e. The number of nitrogens with zero attached hydrogens (tertiary/aromatic N) is 5. The Morgan fingerprint density at radius 2 is 1.86 bits per heavy atom. The summed E-state index contributed by atoms with van der Waals surface area (Å²) in [5.41, 5.74) is 0.874. The van der Waals surface area contributed by atoms with Crippen molar-refractivity contribution in [2.45, 2.75) is 12.8 Å². The lowest BCUT2D eigenvalue weighted by atomic mass is 10.4. The van der Waals surface area contributed by atoms with Crippen LogP contribution in [0.2, 0.25) is 0 Å². The predicted octanol–water partition coefficient (Wildman–Crippen LogP) is 1.36. The van der Waals surface area contributed by atoms with Gasteiger partial charge in [-0.05, 0) is 12.8 Å². The van der Waals surface area contributed by atoms with Crippen molar-refractivity contribution in [1.29, 1.82) is 0 Å². The van der Waals surface area contributed by atoms with Gasteiger partial charge in [0.15, 0.2) is 11.0 Å². The molecule has 4 rings (SSSR count). The fraction of sp³-hybridized carbons (Fsp3) is 0.615. The van der Waals surface area contributed by atoms with Gasteiger partial charge in [0.05, 0.1) is 13.2 Å². The third-order valence-electron chi connectivity index (χ3n) is 3.88. The van der Waals surface area contributed by atoms with Crippen LogP contribution in [0.3, 0.4) is 0 Å². The lowest BCUT2D eigenvalue weighted by Crippen LogP contribution is -2.36. The van der Waals surface area contributed by atoms with Gasteiger partial charge in [0.2, 0.25) is 5.95 Å². The largest absolute Gasteiger partial charge is 0.378 e. The molecule has 0 aromatic carbocycles. The van der Waals surface area contributed by atoms with Crippen molar-refractivity contribution in [1.82, 2.24) is 20.2 Å². The normalized spacial score (nSPS) is 19.4. The SMILES string of the molecule is c1sc(N2CCOCC2)nc1-c1nc(N2CCCC2)n[nH]1. The van der Waals surface area contributed by atoms with Crippen LogP contribution in [0.15, 0.2) is 5.38 Å². The Labute approximate surface area is 127 Å². The van der Waals surface area contributed by atoms with Crippen LogP contribution in [0.1, 0.15) is 12.8 Å². The van der Waals surface area contributed by atoms with E-state index in [-0.39, 0.29) is 0 Å². The number of aromatic amines is 1. The molecule has 1 N–H and O–H groups in total. The highest BCUT2D eigenvalue weighted by atomic mass is 32.1. The zero-order valence-corrected chi connectivity index (χ0v) is 12.6. The molecule has 0 aliphatic carbocycles. The number of thiazole rings is 1. The third kappa shape index (κ3) is 2.60. The summed E-state index contributed by atoms with van der Waals surface area (Å²) >= 11 is 1.65. The molecule has 0 unspecified atom stereocenters. The van der Waals surface area contributed by atoms with Gasteiger partial charge in [0.1, 0.15) is 5.69 Å². The van der Waals surface area contributed by atoms with E-state index in [1.807, 2.05) is 5.38 Å². The van der Waals surface area contributed by atoms with Gasteiger partial charge in [-0.3, -0.25) is 5.10 Å². The molecule has 0 saturated carbocycles. The van der Waals surface area contributed by atoms with E-state index in [4.69, 9.17) is 4.74 Å². The van der Waals surface area contributed by atoms with Gasteiger partial charge in [-0.25, -0.2) is 4.98 Å². The van der Waals surface area contributed by atoms with Crippen molar-refractivity contribution in [3.05, 3.63) is 5.38 Å². The minimum Gasteiger partial charge on any atom is -0.378 e. The molecule has 7 nitrogen and oxygen atoms in total. The Balaban J connectivity index is 1.52. The molecule has 0 spiro atoms. The van der Waals surface area contributed by atoms with E-state index in [1.54, 1.807) is 11.3 Å². The summed E-state index contributed by atoms with van der Waals surface area (Å²) in [6, 6.07) is 0. The molecule has 4 heterocycles. The minimum atomic E-state index is 0.757. The highest BCUT2D eigenvalue weighted by Gasteiger charge is 2.19. The van der Waals surface area contributed by atoms with Crippen LogP contribution in [-0.4, -0.2) is 59.6 Å². The van der Waals surface area contributed by atoms with E-state index in [0.717, 1.165) is 62.0 Å². The van der Waals surface area contributed by atoms with Gasteiger partial charge >= 0.3 is 0 Å². The van der Waals surface area contributed by atoms with Crippen molar-refractivity contribution in [2.75, 3.05) is 49.2 Å². The zero-order chi connectivity index (χ0) is 14.1. The first kappa shape index (κ1) is 13.0. The topological polar surface area (TPSA) is 70.2 Å². The molecule has 8 heteroatoms. The first-order valence-electron chi connectivity index (χ1n) is 7.36. The molecule has 2 fully saturated rings. The summed E-state index contributed by atoms with van der Waals surface area (Å²) < 4.78 is 5.37. The van der Waals surface area contributed by atoms with Gasteiger partial charge in [-0.1, -0.05) is 0 Å². The van der Waals surface area contributed by atoms with Gasteiger partial charge in [-0.15, -0.1) is 16.4 Å². The van der Waals surface area contributed by atoms with Crippen LogP contribution in [0.4, 0.5) is 11.1 Å². The molecular formula is C13H18N6OS. The van der Waals surface area contributed by atoms with Gasteiger partial charge in [0.25, 0.3) is 0 Å². The number of ether oxygens (including phenoxy) is 1. The molecule has 0 bridgehead atoms. The zero-order valence-electron chi connectivity index (χ0n) is 11.8. The summed E-state index contributed by atoms with van der Waals surface area (Å²) in [5, 5.41) is 10.4. The fourth-order valence-electron chi connectivity index (χ4n) is 2.70. The molecule has 2 aliphatic heterocycles. The Morgan fingerprint density at radius 3 is 2.67 bits per heavy atom. The van der Waals surface area contributed by atoms with Crippen LogP contribution >= 0.6 is 11.3 Å². The highest BCUT2D eigenvalue weighted by Crippen LogP contribution is 2.27. The maximum absolute atomic E-state index is 5.37. The van der Waals surface area contributed by atoms with E-state index < -0.39 is 0 Å². The fourth-order valence-corrected chi connectivity index (χ4v) is 3.56. The van der Waals surface area contributed by atoms with Crippen molar-refractivity contribution >= 4 is 22.4 Å². The predicted molar refractivity (Wildman–Crippen MR) is 82.0 cm³/mol. The monoisotopic (exact) mass is 306 g/mol. The van der Waals surface area contributed by atoms with Crippen molar-refractivity contribution < 1.29 is 4.74 Å². The summed E-state index contributed by atoms with van der Waals surface area (Å²) in [7, 11) is 0. The first-order valence-corrected chi connectivity index (χ1v) is 8.24. The summed E-state index contributed by atoms with van der Waals surface area (Å²) in [5.74, 6) is 1.55. The minimum absolute atomic E-state index is 0.757. The van der Waals surface area contributed by atoms with E-state index in [1.165, 1.54) is 12.8 Å². The second-order valence-electron chi connectivity index (χ2n) is 5.29. The number of morpholine rings is 1. The van der Waals surface area contributed by atoms with E-state index in [9.17, 15) is 0 Å². The molecule has 0 radical (unpaired) electrons. The Hall–Kier alpha value is -1.67. The van der Waals surface area contributed by atoms with Gasteiger partial charge < -0.3 is 14.5 Å². The van der Waals surface area contributed by atoms with Crippen LogP contribution in [0.25, 0.3) is 11.5 Å². The van der Waals surface area contributed by atoms with E-state index in [2.05, 4.69) is 30.0 Å². The summed E-state index contributed by atoms with van der Waals surface area (Å²) in [6.07, 6.45) is 2.45. The molecule has 0 atom stereocenters. The standard InChI is InChI=1S/C13H18N6OS/c1-2-4-18(3-1)12-15-11(16-17-12)10-9-21-13(14-10)19-5-7-20-8-6-19/h9H,1-8H2,(H,15,16,17). The van der Waals surface area contributed by atoms with Crippen molar-refractivity contribution in [3.63, 3.8) is 0 Å². The van der Waals surface area contributed by atoms with Crippen LogP contribution in [-0.2, 0) is 4.74 Å². The molecule has 112 valence electrons. The Kier molecular flexibility index (Phi) is 3.48. The molecule has 2 aromatic rings. The summed E-state index contributed by atoms with van der Waals surface area (Å²) in [4.78, 5) is 13.7.